The standard InChI is InChI=1S/C27H28N4O3S/c1-17(2)24-25(22-14-7-5-10-18(22)3)29-27(30-26(24)34-23-15-8-6-11-19(23)4)31-35(32,33)21-13-9-12-20(28)16-21/h5-17H,28H2,1-4H3,(H,29,30,31). The summed E-state index contributed by atoms with van der Waals surface area (Å²) in [4.78, 5) is 9.22. The van der Waals surface area contributed by atoms with Crippen LogP contribution in [0.25, 0.3) is 11.3 Å². The number of ether oxygens (including phenoxy) is 1. The molecule has 3 aromatic carbocycles. The van der Waals surface area contributed by atoms with E-state index < -0.39 is 10.0 Å². The van der Waals surface area contributed by atoms with Crippen molar-refractivity contribution >= 4 is 21.7 Å². The molecule has 0 unspecified atom stereocenters. The van der Waals surface area contributed by atoms with Gasteiger partial charge in [0.25, 0.3) is 10.0 Å². The minimum atomic E-state index is -3.99. The average molecular weight is 489 g/mol. The maximum absolute atomic E-state index is 13.1. The Morgan fingerprint density at radius 3 is 2.23 bits per heavy atom. The fraction of sp³-hybridized carbons (Fsp3) is 0.185. The highest BCUT2D eigenvalue weighted by molar-refractivity contribution is 7.92. The molecule has 7 nitrogen and oxygen atoms in total. The molecular weight excluding hydrogens is 460 g/mol. The summed E-state index contributed by atoms with van der Waals surface area (Å²) < 4.78 is 35.0. The average Bonchev–Trinajstić information content (AvgIpc) is 2.80. The van der Waals surface area contributed by atoms with Crippen LogP contribution in [0.3, 0.4) is 0 Å². The quantitative estimate of drug-likeness (QED) is 0.306. The van der Waals surface area contributed by atoms with Gasteiger partial charge in [-0.05, 0) is 55.2 Å². The molecule has 0 saturated carbocycles. The minimum Gasteiger partial charge on any atom is -0.438 e. The van der Waals surface area contributed by atoms with Crippen molar-refractivity contribution in [3.05, 3.63) is 89.5 Å². The molecule has 0 spiro atoms. The Kier molecular flexibility index (Phi) is 6.75. The fourth-order valence-electron chi connectivity index (χ4n) is 3.77. The van der Waals surface area contributed by atoms with E-state index in [0.29, 0.717) is 23.0 Å². The molecule has 0 aliphatic carbocycles. The van der Waals surface area contributed by atoms with Crippen molar-refractivity contribution in [2.24, 2.45) is 0 Å². The van der Waals surface area contributed by atoms with Crippen LogP contribution in [-0.2, 0) is 10.0 Å². The van der Waals surface area contributed by atoms with Crippen LogP contribution in [0, 0.1) is 13.8 Å². The number of nitrogens with one attached hydrogen (secondary N) is 1. The summed E-state index contributed by atoms with van der Waals surface area (Å²) in [7, 11) is -3.99. The van der Waals surface area contributed by atoms with Crippen molar-refractivity contribution < 1.29 is 13.2 Å². The van der Waals surface area contributed by atoms with Crippen LogP contribution in [0.2, 0.25) is 0 Å². The van der Waals surface area contributed by atoms with Crippen LogP contribution in [0.4, 0.5) is 11.6 Å². The zero-order chi connectivity index (χ0) is 25.2. The predicted molar refractivity (Wildman–Crippen MR) is 139 cm³/mol. The Morgan fingerprint density at radius 1 is 0.886 bits per heavy atom. The fourth-order valence-corrected chi connectivity index (χ4v) is 4.77. The van der Waals surface area contributed by atoms with Crippen molar-refractivity contribution in [3.63, 3.8) is 0 Å². The van der Waals surface area contributed by atoms with Gasteiger partial charge in [-0.1, -0.05) is 62.4 Å². The number of para-hydroxylation sites is 1. The Morgan fingerprint density at radius 2 is 1.57 bits per heavy atom. The van der Waals surface area contributed by atoms with E-state index in [1.807, 2.05) is 76.2 Å². The lowest BCUT2D eigenvalue weighted by atomic mass is 9.95. The molecule has 0 radical (unpaired) electrons. The third-order valence-electron chi connectivity index (χ3n) is 5.58. The topological polar surface area (TPSA) is 107 Å². The molecular formula is C27H28N4O3S. The maximum Gasteiger partial charge on any atom is 0.264 e. The number of benzene rings is 3. The van der Waals surface area contributed by atoms with E-state index in [1.54, 1.807) is 12.1 Å². The molecule has 4 rings (SSSR count). The number of nitrogens with two attached hydrogens (primary N) is 1. The van der Waals surface area contributed by atoms with Crippen LogP contribution in [0.15, 0.2) is 77.7 Å². The number of nitrogens with zero attached hydrogens (tertiary/aromatic N) is 2. The van der Waals surface area contributed by atoms with Crippen molar-refractivity contribution in [2.45, 2.75) is 38.5 Å². The van der Waals surface area contributed by atoms with Crippen LogP contribution < -0.4 is 15.2 Å². The summed E-state index contributed by atoms with van der Waals surface area (Å²) in [5.41, 5.74) is 10.3. The molecule has 1 aromatic heterocycles. The third-order valence-corrected chi connectivity index (χ3v) is 6.91. The first-order valence-corrected chi connectivity index (χ1v) is 12.7. The monoisotopic (exact) mass is 488 g/mol. The van der Waals surface area contributed by atoms with Gasteiger partial charge in [0.1, 0.15) is 5.75 Å². The molecule has 35 heavy (non-hydrogen) atoms. The molecule has 0 bridgehead atoms. The van der Waals surface area contributed by atoms with Gasteiger partial charge in [0.15, 0.2) is 0 Å². The Hall–Kier alpha value is -3.91. The van der Waals surface area contributed by atoms with Gasteiger partial charge in [-0.3, -0.25) is 0 Å². The van der Waals surface area contributed by atoms with E-state index in [2.05, 4.69) is 14.7 Å². The molecule has 8 heteroatoms. The minimum absolute atomic E-state index is 0.00297. The number of aryl methyl sites for hydroxylation is 2. The maximum atomic E-state index is 13.1. The Balaban J connectivity index is 1.91. The van der Waals surface area contributed by atoms with Crippen molar-refractivity contribution in [2.75, 3.05) is 10.5 Å². The van der Waals surface area contributed by atoms with Gasteiger partial charge in [0, 0.05) is 16.8 Å². The zero-order valence-electron chi connectivity index (χ0n) is 20.1. The SMILES string of the molecule is Cc1ccccc1Oc1nc(NS(=O)(=O)c2cccc(N)c2)nc(-c2ccccc2C)c1C(C)C. The molecule has 1 heterocycles. The lowest BCUT2D eigenvalue weighted by molar-refractivity contribution is 0.449. The number of aromatic nitrogens is 2. The molecule has 0 amide bonds. The summed E-state index contributed by atoms with van der Waals surface area (Å²) in [6.45, 7) is 7.99. The Labute approximate surface area is 206 Å². The van der Waals surface area contributed by atoms with Crippen LogP contribution in [0.1, 0.15) is 36.5 Å². The van der Waals surface area contributed by atoms with Gasteiger partial charge in [-0.2, -0.15) is 4.98 Å². The second-order valence-corrected chi connectivity index (χ2v) is 10.3. The largest absolute Gasteiger partial charge is 0.438 e. The van der Waals surface area contributed by atoms with E-state index >= 15 is 0 Å². The van der Waals surface area contributed by atoms with Gasteiger partial charge in [0.2, 0.25) is 11.8 Å². The van der Waals surface area contributed by atoms with Crippen LogP contribution >= 0.6 is 0 Å². The van der Waals surface area contributed by atoms with Crippen molar-refractivity contribution in [1.82, 2.24) is 9.97 Å². The van der Waals surface area contributed by atoms with Crippen LogP contribution in [-0.4, -0.2) is 18.4 Å². The molecule has 0 atom stereocenters. The lowest BCUT2D eigenvalue weighted by Gasteiger charge is -2.20. The second kappa shape index (κ2) is 9.76. The van der Waals surface area contributed by atoms with Gasteiger partial charge >= 0.3 is 0 Å². The van der Waals surface area contributed by atoms with Crippen molar-refractivity contribution in [3.8, 4) is 22.9 Å². The summed E-state index contributed by atoms with van der Waals surface area (Å²) in [5, 5.41) is 0. The van der Waals surface area contributed by atoms with E-state index in [4.69, 9.17) is 10.5 Å². The smallest absolute Gasteiger partial charge is 0.264 e. The number of rotatable bonds is 7. The van der Waals surface area contributed by atoms with E-state index in [0.717, 1.165) is 22.3 Å². The lowest BCUT2D eigenvalue weighted by Crippen LogP contribution is -2.17. The van der Waals surface area contributed by atoms with Crippen molar-refractivity contribution in [1.29, 1.82) is 0 Å². The second-order valence-electron chi connectivity index (χ2n) is 8.63. The van der Waals surface area contributed by atoms with Gasteiger partial charge in [-0.25, -0.2) is 18.1 Å². The van der Waals surface area contributed by atoms with E-state index in [1.165, 1.54) is 12.1 Å². The number of nitrogen functional groups attached to an aromatic ring is 1. The van der Waals surface area contributed by atoms with Gasteiger partial charge in [-0.15, -0.1) is 0 Å². The third kappa shape index (κ3) is 5.27. The van der Waals surface area contributed by atoms with Crippen LogP contribution in [0.5, 0.6) is 11.6 Å². The molecule has 0 aliphatic heterocycles. The van der Waals surface area contributed by atoms with Gasteiger partial charge < -0.3 is 10.5 Å². The first-order chi connectivity index (χ1) is 16.7. The molecule has 4 aromatic rings. The highest BCUT2D eigenvalue weighted by atomic mass is 32.2. The summed E-state index contributed by atoms with van der Waals surface area (Å²) in [6, 6.07) is 21.5. The molecule has 0 saturated heterocycles. The highest BCUT2D eigenvalue weighted by Gasteiger charge is 2.24. The number of hydrogen-bond acceptors (Lipinski definition) is 6. The predicted octanol–water partition coefficient (Wildman–Crippen LogP) is 6.06. The summed E-state index contributed by atoms with van der Waals surface area (Å²) >= 11 is 0. The molecule has 0 fully saturated rings. The first-order valence-electron chi connectivity index (χ1n) is 11.3. The number of anilines is 2. The molecule has 3 N–H and O–H groups in total. The van der Waals surface area contributed by atoms with E-state index in [9.17, 15) is 8.42 Å². The highest BCUT2D eigenvalue weighted by Crippen LogP contribution is 2.39. The molecule has 180 valence electrons. The van der Waals surface area contributed by atoms with Gasteiger partial charge in [0.05, 0.1) is 10.6 Å². The first kappa shape index (κ1) is 24.2. The number of hydrogen-bond donors (Lipinski definition) is 2. The normalized spacial score (nSPS) is 11.5. The Bertz CT molecular complexity index is 1480. The molecule has 0 aliphatic rings. The summed E-state index contributed by atoms with van der Waals surface area (Å²) in [5.74, 6) is 0.850. The van der Waals surface area contributed by atoms with E-state index in [-0.39, 0.29) is 16.8 Å². The zero-order valence-corrected chi connectivity index (χ0v) is 20.9. The number of sulfonamides is 1. The summed E-state index contributed by atoms with van der Waals surface area (Å²) in [6.07, 6.45) is 0.